The van der Waals surface area contributed by atoms with Gasteiger partial charge in [-0.05, 0) is 210 Å². The van der Waals surface area contributed by atoms with E-state index in [4.69, 9.17) is 9.47 Å². The average Bonchev–Trinajstić information content (AvgIpc) is 4.15. The van der Waals surface area contributed by atoms with E-state index in [1.165, 1.54) is 29.2 Å². The fourth-order valence-corrected chi connectivity index (χ4v) is 19.6. The predicted molar refractivity (Wildman–Crippen MR) is 318 cm³/mol. The van der Waals surface area contributed by atoms with E-state index >= 15 is 0 Å². The minimum absolute atomic E-state index is 0. The summed E-state index contributed by atoms with van der Waals surface area (Å²) in [7, 11) is 0. The molecule has 81 heavy (non-hydrogen) atoms. The van der Waals surface area contributed by atoms with Crippen molar-refractivity contribution in [3.8, 4) is 0 Å². The van der Waals surface area contributed by atoms with Crippen LogP contribution in [0.15, 0.2) is 69.9 Å². The number of fused-ring (bicyclic) bond motifs is 15. The zero-order valence-corrected chi connectivity index (χ0v) is 49.3. The number of ether oxygens (including phenoxy) is 2. The van der Waals surface area contributed by atoms with Crippen molar-refractivity contribution in [1.82, 2.24) is 0 Å². The molecule has 15 atom stereocenters. The van der Waals surface area contributed by atoms with Crippen LogP contribution in [0, 0.1) is 85.8 Å². The maximum absolute atomic E-state index is 12.5. The van der Waals surface area contributed by atoms with Gasteiger partial charge in [0.05, 0.1) is 13.2 Å². The molecule has 9 fully saturated rings. The molecule has 0 aromatic rings. The molecule has 12 aliphatic rings. The summed E-state index contributed by atoms with van der Waals surface area (Å²) >= 11 is 0. The van der Waals surface area contributed by atoms with Gasteiger partial charge in [-0.15, -0.1) is 0 Å². The molecule has 12 rings (SSSR count). The van der Waals surface area contributed by atoms with Crippen LogP contribution in [-0.2, 0) is 43.0 Å². The van der Waals surface area contributed by atoms with Gasteiger partial charge in [0.2, 0.25) is 0 Å². The number of carbonyl (C=O) groups is 7. The molecular formula is C69H105NaO11. The van der Waals surface area contributed by atoms with Crippen molar-refractivity contribution in [2.45, 2.75) is 208 Å². The monoisotopic (exact) mass is 1130 g/mol. The van der Waals surface area contributed by atoms with Crippen LogP contribution in [0.25, 0.3) is 0 Å². The van der Waals surface area contributed by atoms with Gasteiger partial charge in [-0.1, -0.05) is 95.4 Å². The van der Waals surface area contributed by atoms with Crippen molar-refractivity contribution in [1.29, 1.82) is 0 Å². The first-order chi connectivity index (χ1) is 35.1. The number of aliphatic hydroxyl groups excluding tert-OH is 1. The number of aliphatic hydroxyl groups is 1. The van der Waals surface area contributed by atoms with Crippen LogP contribution >= 0.6 is 0 Å². The molecule has 0 aromatic carbocycles. The van der Waals surface area contributed by atoms with Gasteiger partial charge in [0.1, 0.15) is 24.0 Å². The zero-order valence-electron chi connectivity index (χ0n) is 47.3. The van der Waals surface area contributed by atoms with E-state index in [1.807, 2.05) is 25.2 Å². The average molecular weight is 1130 g/mol. The summed E-state index contributed by atoms with van der Waals surface area (Å²) < 4.78 is 11.0. The third kappa shape index (κ3) is 11.4. The number of Topliss-reactive ketones (excluding diaryl/α,β-unsaturated/α-hetero) is 3. The van der Waals surface area contributed by atoms with E-state index in [1.54, 1.807) is 18.2 Å². The second kappa shape index (κ2) is 26.6. The summed E-state index contributed by atoms with van der Waals surface area (Å²) in [5.74, 6) is 5.79. The van der Waals surface area contributed by atoms with Crippen molar-refractivity contribution in [3.63, 3.8) is 0 Å². The Morgan fingerprint density at radius 1 is 0.469 bits per heavy atom. The van der Waals surface area contributed by atoms with E-state index in [2.05, 4.69) is 41.5 Å². The Kier molecular flexibility index (Phi) is 23.7. The summed E-state index contributed by atoms with van der Waals surface area (Å²) in [5.41, 5.74) is 5.90. The molecule has 0 aromatic heterocycles. The SMILES string of the molecule is C.C.C.C.C.CC(=O)OCC1=CC(=O)C=C2CC[C@@H]3[C@H](CC[C@]4(C)C(=O)CC[C@@H]34)[C@]21C.CCOCC1=CC(=O)C=C2CC[C@@H]3[C@H](CC[C@]4(C)C(=O)CC[C@@H]34)[C@]21C.C[C@]12C(CO)=CC(=O)C=C1CC[C@@H]1[C@@H]2CC[C@]2(C)C(=O)CC[C@@H]12.[Na+].[OH-]. The fourth-order valence-electron chi connectivity index (χ4n) is 19.6. The summed E-state index contributed by atoms with van der Waals surface area (Å²) in [4.78, 5) is 85.2. The van der Waals surface area contributed by atoms with E-state index < -0.39 is 0 Å². The van der Waals surface area contributed by atoms with Crippen LogP contribution in [0.2, 0.25) is 0 Å². The van der Waals surface area contributed by atoms with Crippen LogP contribution in [0.4, 0.5) is 0 Å². The summed E-state index contributed by atoms with van der Waals surface area (Å²) in [6.45, 7) is 18.2. The maximum atomic E-state index is 12.5. The Balaban J connectivity index is 0.000000306. The van der Waals surface area contributed by atoms with Crippen LogP contribution in [0.1, 0.15) is 208 Å². The van der Waals surface area contributed by atoms with Crippen molar-refractivity contribution >= 4 is 40.7 Å². The summed E-state index contributed by atoms with van der Waals surface area (Å²) in [6, 6.07) is 0. The number of esters is 1. The molecule has 0 bridgehead atoms. The molecule has 0 saturated heterocycles. The van der Waals surface area contributed by atoms with Crippen LogP contribution in [0.3, 0.4) is 0 Å². The Morgan fingerprint density at radius 3 is 1.09 bits per heavy atom. The molecule has 9 saturated carbocycles. The summed E-state index contributed by atoms with van der Waals surface area (Å²) in [5, 5.41) is 9.88. The first kappa shape index (κ1) is 72.1. The van der Waals surface area contributed by atoms with Gasteiger partial charge in [-0.3, -0.25) is 33.6 Å². The van der Waals surface area contributed by atoms with Crippen molar-refractivity contribution in [2.75, 3.05) is 26.4 Å². The minimum atomic E-state index is -0.317. The topological polar surface area (TPSA) is 188 Å². The second-order valence-corrected chi connectivity index (χ2v) is 26.4. The molecule has 2 N–H and O–H groups in total. The third-order valence-electron chi connectivity index (χ3n) is 23.9. The van der Waals surface area contributed by atoms with Gasteiger partial charge in [0, 0.05) is 65.3 Å². The Labute approximate surface area is 510 Å². The Bertz CT molecular complexity index is 2620. The number of rotatable bonds is 6. The smallest absolute Gasteiger partial charge is 0.870 e. The molecule has 0 radical (unpaired) electrons. The largest absolute Gasteiger partial charge is 1.00 e. The quantitative estimate of drug-likeness (QED) is 0.197. The normalized spacial score (nSPS) is 39.6. The molecule has 0 spiro atoms. The Morgan fingerprint density at radius 2 is 0.778 bits per heavy atom. The van der Waals surface area contributed by atoms with Crippen LogP contribution in [-0.4, -0.2) is 77.7 Å². The number of allylic oxidation sites excluding steroid dienone is 9. The molecule has 0 unspecified atom stereocenters. The summed E-state index contributed by atoms with van der Waals surface area (Å²) in [6.07, 6.45) is 28.2. The number of hydrogen-bond donors (Lipinski definition) is 1. The minimum Gasteiger partial charge on any atom is -0.870 e. The third-order valence-corrected chi connectivity index (χ3v) is 23.9. The standard InChI is InChI=1S/C22H28O4.C22H30O3.C20H26O3.5CH4.Na.H2O/c1-13(23)26-12-15-11-16(24)10-14-4-5-17-18-6-7-20(25)21(18,2)9-8-19(17)22(14,15)3;1-4-25-13-15-12-16(23)11-14-5-6-17-18-7-8-20(24)21(18,2)10-9-19(17)22(14,15)3;1-19-8-7-17-15(16(19)5-6-18(19)23)4-3-12-9-14(22)10-13(11-21)20(12,17)2;;;;;;;/h10-11,17-19H,4-9,12H2,1-3H3;11-12,17-19H,4-10,13H2,1-3H3;9-10,15-17,21H,3-8,11H2,1-2H3;5*1H4;;1H2/q;;;;;;;;+1;/p-1/t2*17-,18-,19-,21-,22+;15-,16-,17-,19-,20+;;;;;;;/m000......./s1. The predicted octanol–water partition coefficient (Wildman–Crippen LogP) is 11.3. The molecule has 0 aliphatic heterocycles. The number of carbonyl (C=O) groups excluding carboxylic acids is 7. The first-order valence-electron chi connectivity index (χ1n) is 28.9. The van der Waals surface area contributed by atoms with Gasteiger partial charge in [0.15, 0.2) is 17.3 Å². The van der Waals surface area contributed by atoms with Gasteiger partial charge in [-0.2, -0.15) is 0 Å². The van der Waals surface area contributed by atoms with E-state index in [0.717, 1.165) is 127 Å². The van der Waals surface area contributed by atoms with E-state index in [9.17, 15) is 38.7 Å². The van der Waals surface area contributed by atoms with Crippen molar-refractivity contribution in [3.05, 3.63) is 69.9 Å². The molecule has 12 heteroatoms. The first-order valence-corrected chi connectivity index (χ1v) is 28.9. The molecular weight excluding hydrogens is 1030 g/mol. The number of ketones is 6. The van der Waals surface area contributed by atoms with Crippen molar-refractivity contribution in [2.24, 2.45) is 85.8 Å². The zero-order chi connectivity index (χ0) is 52.9. The fraction of sp³-hybridized carbons (Fsp3) is 0.725. The molecule has 0 amide bonds. The van der Waals surface area contributed by atoms with Gasteiger partial charge >= 0.3 is 35.5 Å². The van der Waals surface area contributed by atoms with Crippen LogP contribution < -0.4 is 29.6 Å². The van der Waals surface area contributed by atoms with E-state index in [-0.39, 0.29) is 141 Å². The maximum Gasteiger partial charge on any atom is 1.00 e. The second-order valence-electron chi connectivity index (χ2n) is 26.4. The molecule has 12 aliphatic carbocycles. The van der Waals surface area contributed by atoms with Crippen LogP contribution in [0.5, 0.6) is 0 Å². The van der Waals surface area contributed by atoms with Crippen molar-refractivity contribution < 1.29 is 83.2 Å². The van der Waals surface area contributed by atoms with E-state index in [0.29, 0.717) is 83.8 Å². The Hall–Kier alpha value is -3.19. The molecule has 0 heterocycles. The molecule has 448 valence electrons. The van der Waals surface area contributed by atoms with Gasteiger partial charge in [-0.25, -0.2) is 0 Å². The van der Waals surface area contributed by atoms with Gasteiger partial charge < -0.3 is 20.1 Å². The van der Waals surface area contributed by atoms with Gasteiger partial charge in [0.25, 0.3) is 0 Å². The number of hydrogen-bond acceptors (Lipinski definition) is 11. The molecule has 11 nitrogen and oxygen atoms in total.